The van der Waals surface area contributed by atoms with Crippen molar-refractivity contribution in [3.05, 3.63) is 29.8 Å². The van der Waals surface area contributed by atoms with Crippen LogP contribution >= 0.6 is 0 Å². The highest BCUT2D eigenvalue weighted by molar-refractivity contribution is 5.93. The molecule has 0 bridgehead atoms. The summed E-state index contributed by atoms with van der Waals surface area (Å²) in [6.45, 7) is 2.14. The van der Waals surface area contributed by atoms with Gasteiger partial charge in [0, 0.05) is 19.2 Å². The minimum Gasteiger partial charge on any atom is -0.481 e. The largest absolute Gasteiger partial charge is 0.481 e. The average molecular weight is 233 g/mol. The van der Waals surface area contributed by atoms with E-state index in [1.165, 1.54) is 6.92 Å². The summed E-state index contributed by atoms with van der Waals surface area (Å²) in [7, 11) is 0. The molecule has 4 heteroatoms. The van der Waals surface area contributed by atoms with E-state index in [0.29, 0.717) is 13.0 Å². The van der Waals surface area contributed by atoms with Crippen molar-refractivity contribution in [2.75, 3.05) is 11.4 Å². The normalized spacial score (nSPS) is 18.6. The van der Waals surface area contributed by atoms with Crippen LogP contribution in [0.4, 0.5) is 5.69 Å². The number of carbonyl (C=O) groups excluding carboxylic acids is 1. The van der Waals surface area contributed by atoms with Gasteiger partial charge >= 0.3 is 5.97 Å². The van der Waals surface area contributed by atoms with Crippen LogP contribution in [0.1, 0.15) is 31.2 Å². The first-order chi connectivity index (χ1) is 8.09. The van der Waals surface area contributed by atoms with Gasteiger partial charge in [-0.1, -0.05) is 18.2 Å². The monoisotopic (exact) mass is 233 g/mol. The lowest BCUT2D eigenvalue weighted by Gasteiger charge is -2.33. The third-order valence-corrected chi connectivity index (χ3v) is 3.17. The molecule has 1 aliphatic heterocycles. The van der Waals surface area contributed by atoms with Gasteiger partial charge in [-0.05, 0) is 24.0 Å². The number of amides is 1. The van der Waals surface area contributed by atoms with Crippen molar-refractivity contribution in [1.29, 1.82) is 0 Å². The maximum absolute atomic E-state index is 11.5. The molecule has 1 aromatic rings. The Bertz CT molecular complexity index is 456. The van der Waals surface area contributed by atoms with E-state index < -0.39 is 5.97 Å². The van der Waals surface area contributed by atoms with Crippen molar-refractivity contribution in [3.8, 4) is 0 Å². The van der Waals surface area contributed by atoms with Crippen LogP contribution in [0.5, 0.6) is 0 Å². The number of anilines is 1. The average Bonchev–Trinajstić information content (AvgIpc) is 2.28. The Morgan fingerprint density at radius 3 is 2.76 bits per heavy atom. The van der Waals surface area contributed by atoms with Gasteiger partial charge in [-0.25, -0.2) is 0 Å². The van der Waals surface area contributed by atoms with E-state index >= 15 is 0 Å². The van der Waals surface area contributed by atoms with Gasteiger partial charge in [-0.15, -0.1) is 0 Å². The molecule has 0 spiro atoms. The SMILES string of the molecule is CC(=O)N1CCC(CC(=O)O)c2ccccc21. The smallest absolute Gasteiger partial charge is 0.303 e. The van der Waals surface area contributed by atoms with E-state index in [1.807, 2.05) is 24.3 Å². The molecule has 0 saturated carbocycles. The Balaban J connectivity index is 2.36. The number of hydrogen-bond acceptors (Lipinski definition) is 2. The summed E-state index contributed by atoms with van der Waals surface area (Å²) in [4.78, 5) is 24.0. The highest BCUT2D eigenvalue weighted by Gasteiger charge is 2.27. The topological polar surface area (TPSA) is 57.6 Å². The number of rotatable bonds is 2. The summed E-state index contributed by atoms with van der Waals surface area (Å²) in [6, 6.07) is 7.55. The molecular weight excluding hydrogens is 218 g/mol. The lowest BCUT2D eigenvalue weighted by atomic mass is 9.87. The molecule has 1 amide bonds. The van der Waals surface area contributed by atoms with Gasteiger partial charge < -0.3 is 10.0 Å². The molecule has 1 aliphatic rings. The summed E-state index contributed by atoms with van der Waals surface area (Å²) >= 11 is 0. The number of aliphatic carboxylic acids is 1. The van der Waals surface area contributed by atoms with Crippen LogP contribution in [0, 0.1) is 0 Å². The Labute approximate surface area is 99.9 Å². The number of benzene rings is 1. The molecule has 2 rings (SSSR count). The molecule has 1 N–H and O–H groups in total. The fourth-order valence-electron chi connectivity index (χ4n) is 2.39. The first kappa shape index (κ1) is 11.6. The third kappa shape index (κ3) is 2.30. The Morgan fingerprint density at radius 1 is 1.41 bits per heavy atom. The zero-order chi connectivity index (χ0) is 12.4. The number of fused-ring (bicyclic) bond motifs is 1. The molecule has 0 saturated heterocycles. The second-order valence-corrected chi connectivity index (χ2v) is 4.31. The fraction of sp³-hybridized carbons (Fsp3) is 0.385. The molecular formula is C13H15NO3. The molecule has 0 fully saturated rings. The quantitative estimate of drug-likeness (QED) is 0.850. The van der Waals surface area contributed by atoms with Crippen molar-refractivity contribution >= 4 is 17.6 Å². The van der Waals surface area contributed by atoms with E-state index in [1.54, 1.807) is 4.90 Å². The van der Waals surface area contributed by atoms with Gasteiger partial charge in [-0.3, -0.25) is 9.59 Å². The molecule has 1 unspecified atom stereocenters. The molecule has 1 atom stereocenters. The lowest BCUT2D eigenvalue weighted by Crippen LogP contribution is -2.35. The zero-order valence-corrected chi connectivity index (χ0v) is 9.72. The summed E-state index contributed by atoms with van der Waals surface area (Å²) in [5, 5.41) is 8.89. The zero-order valence-electron chi connectivity index (χ0n) is 9.72. The van der Waals surface area contributed by atoms with Crippen LogP contribution in [0.3, 0.4) is 0 Å². The van der Waals surface area contributed by atoms with E-state index in [4.69, 9.17) is 5.11 Å². The van der Waals surface area contributed by atoms with Crippen LogP contribution in [0.2, 0.25) is 0 Å². The molecule has 1 aromatic carbocycles. The van der Waals surface area contributed by atoms with Crippen molar-refractivity contribution in [2.24, 2.45) is 0 Å². The number of nitrogens with zero attached hydrogens (tertiary/aromatic N) is 1. The van der Waals surface area contributed by atoms with Crippen LogP contribution in [0.15, 0.2) is 24.3 Å². The van der Waals surface area contributed by atoms with Crippen LogP contribution in [-0.2, 0) is 9.59 Å². The minimum atomic E-state index is -0.791. The second-order valence-electron chi connectivity index (χ2n) is 4.31. The molecule has 1 heterocycles. The van der Waals surface area contributed by atoms with Crippen LogP contribution in [-0.4, -0.2) is 23.5 Å². The number of para-hydroxylation sites is 1. The molecule has 17 heavy (non-hydrogen) atoms. The van der Waals surface area contributed by atoms with Gasteiger partial charge in [0.25, 0.3) is 0 Å². The highest BCUT2D eigenvalue weighted by Crippen LogP contribution is 2.36. The van der Waals surface area contributed by atoms with Crippen molar-refractivity contribution in [3.63, 3.8) is 0 Å². The van der Waals surface area contributed by atoms with Gasteiger partial charge in [0.05, 0.1) is 6.42 Å². The third-order valence-electron chi connectivity index (χ3n) is 3.17. The Morgan fingerprint density at radius 2 is 2.12 bits per heavy atom. The standard InChI is InChI=1S/C13H15NO3/c1-9(15)14-7-6-10(8-13(16)17)11-4-2-3-5-12(11)14/h2-5,10H,6-8H2,1H3,(H,16,17). The van der Waals surface area contributed by atoms with Crippen LogP contribution < -0.4 is 4.90 Å². The van der Waals surface area contributed by atoms with E-state index in [-0.39, 0.29) is 18.2 Å². The molecule has 90 valence electrons. The number of carboxylic acid groups (broad SMARTS) is 1. The van der Waals surface area contributed by atoms with E-state index in [9.17, 15) is 9.59 Å². The number of hydrogen-bond donors (Lipinski definition) is 1. The summed E-state index contributed by atoms with van der Waals surface area (Å²) in [5.74, 6) is -0.772. The predicted molar refractivity (Wildman–Crippen MR) is 64.1 cm³/mol. The number of carbonyl (C=O) groups is 2. The van der Waals surface area contributed by atoms with Gasteiger partial charge in [0.15, 0.2) is 0 Å². The highest BCUT2D eigenvalue weighted by atomic mass is 16.4. The Kier molecular flexibility index (Phi) is 3.13. The summed E-state index contributed by atoms with van der Waals surface area (Å²) in [5.41, 5.74) is 1.83. The van der Waals surface area contributed by atoms with Crippen molar-refractivity contribution in [1.82, 2.24) is 0 Å². The van der Waals surface area contributed by atoms with Crippen molar-refractivity contribution in [2.45, 2.75) is 25.7 Å². The minimum absolute atomic E-state index is 0.00576. The van der Waals surface area contributed by atoms with Gasteiger partial charge in [-0.2, -0.15) is 0 Å². The van der Waals surface area contributed by atoms with Gasteiger partial charge in [0.2, 0.25) is 5.91 Å². The van der Waals surface area contributed by atoms with Crippen LogP contribution in [0.25, 0.3) is 0 Å². The van der Waals surface area contributed by atoms with Gasteiger partial charge in [0.1, 0.15) is 0 Å². The molecule has 0 aromatic heterocycles. The Hall–Kier alpha value is -1.84. The second kappa shape index (κ2) is 4.57. The van der Waals surface area contributed by atoms with E-state index in [0.717, 1.165) is 11.3 Å². The first-order valence-electron chi connectivity index (χ1n) is 5.68. The molecule has 4 nitrogen and oxygen atoms in total. The lowest BCUT2D eigenvalue weighted by molar-refractivity contribution is -0.137. The van der Waals surface area contributed by atoms with Crippen molar-refractivity contribution < 1.29 is 14.7 Å². The maximum atomic E-state index is 11.5. The fourth-order valence-corrected chi connectivity index (χ4v) is 2.39. The number of carboxylic acids is 1. The summed E-state index contributed by atoms with van der Waals surface area (Å²) < 4.78 is 0. The van der Waals surface area contributed by atoms with E-state index in [2.05, 4.69) is 0 Å². The summed E-state index contributed by atoms with van der Waals surface area (Å²) in [6.07, 6.45) is 0.839. The first-order valence-corrected chi connectivity index (χ1v) is 5.68. The molecule has 0 radical (unpaired) electrons. The maximum Gasteiger partial charge on any atom is 0.303 e. The molecule has 0 aliphatic carbocycles. The predicted octanol–water partition coefficient (Wildman–Crippen LogP) is 2.00.